The molecule has 2 rings (SSSR count). The molecule has 0 fully saturated rings. The number of nitrogens with zero attached hydrogens (tertiary/aromatic N) is 1. The molecule has 0 atom stereocenters. The van der Waals surface area contributed by atoms with Crippen LogP contribution in [0.4, 0.5) is 13.2 Å². The third-order valence-corrected chi connectivity index (χ3v) is 1.65. The topological polar surface area (TPSA) is 28.7 Å². The van der Waals surface area contributed by atoms with Crippen molar-refractivity contribution in [2.75, 3.05) is 0 Å². The molecule has 0 aliphatic heterocycles. The smallest absolute Gasteiger partial charge is 0.277 e. The lowest BCUT2D eigenvalue weighted by Gasteiger charge is -2.00. The van der Waals surface area contributed by atoms with Crippen LogP contribution in [-0.4, -0.2) is 10.2 Å². The summed E-state index contributed by atoms with van der Waals surface area (Å²) in [5.41, 5.74) is -0.571. The summed E-state index contributed by atoms with van der Waals surface area (Å²) in [4.78, 5) is 0. The molecule has 67 valence electrons. The van der Waals surface area contributed by atoms with Gasteiger partial charge in [-0.3, -0.25) is 5.10 Å². The summed E-state index contributed by atoms with van der Waals surface area (Å²) < 4.78 is 36.7. The van der Waals surface area contributed by atoms with Crippen molar-refractivity contribution in [3.05, 3.63) is 30.0 Å². The van der Waals surface area contributed by atoms with Gasteiger partial charge in [0, 0.05) is 5.39 Å². The van der Waals surface area contributed by atoms with Gasteiger partial charge in [0.25, 0.3) is 0 Å². The minimum Gasteiger partial charge on any atom is -0.277 e. The largest absolute Gasteiger partial charge is 0.435 e. The average molecular weight is 185 g/mol. The van der Waals surface area contributed by atoms with E-state index in [9.17, 15) is 13.2 Å². The molecule has 1 heterocycles. The SMILES string of the molecule is FC(F)(F)c1n[nH]c2ccc[c]c12. The number of alkyl halides is 3. The van der Waals surface area contributed by atoms with Crippen molar-refractivity contribution in [1.82, 2.24) is 10.2 Å². The van der Waals surface area contributed by atoms with Crippen LogP contribution in [0.5, 0.6) is 0 Å². The second kappa shape index (κ2) is 2.48. The summed E-state index contributed by atoms with van der Waals surface area (Å²) in [6, 6.07) is 7.04. The Morgan fingerprint density at radius 1 is 1.38 bits per heavy atom. The van der Waals surface area contributed by atoms with Gasteiger partial charge < -0.3 is 0 Å². The first-order valence-corrected chi connectivity index (χ1v) is 3.51. The van der Waals surface area contributed by atoms with E-state index in [0.717, 1.165) is 0 Å². The summed E-state index contributed by atoms with van der Waals surface area (Å²) in [6.45, 7) is 0. The van der Waals surface area contributed by atoms with E-state index in [1.165, 1.54) is 12.1 Å². The number of nitrogens with one attached hydrogen (secondary N) is 1. The van der Waals surface area contributed by atoms with Gasteiger partial charge in [-0.15, -0.1) is 0 Å². The summed E-state index contributed by atoms with van der Waals surface area (Å²) in [7, 11) is 0. The fourth-order valence-corrected chi connectivity index (χ4v) is 1.10. The lowest BCUT2D eigenvalue weighted by molar-refractivity contribution is -0.139. The first kappa shape index (κ1) is 8.10. The van der Waals surface area contributed by atoms with Gasteiger partial charge in [0.05, 0.1) is 5.52 Å². The molecule has 0 bridgehead atoms. The molecule has 1 N–H and O–H groups in total. The van der Waals surface area contributed by atoms with Gasteiger partial charge in [0.15, 0.2) is 5.69 Å². The first-order chi connectivity index (χ1) is 6.09. The third-order valence-electron chi connectivity index (χ3n) is 1.65. The van der Waals surface area contributed by atoms with E-state index in [0.29, 0.717) is 5.52 Å². The molecule has 13 heavy (non-hydrogen) atoms. The quantitative estimate of drug-likeness (QED) is 0.670. The molecule has 1 radical (unpaired) electrons. The van der Waals surface area contributed by atoms with Crippen molar-refractivity contribution in [3.63, 3.8) is 0 Å². The van der Waals surface area contributed by atoms with Crippen LogP contribution in [0.3, 0.4) is 0 Å². The molecule has 2 aromatic rings. The molecule has 0 aliphatic carbocycles. The molecule has 0 amide bonds. The average Bonchev–Trinajstić information content (AvgIpc) is 2.45. The minimum absolute atomic E-state index is 0.0185. The van der Waals surface area contributed by atoms with E-state index in [1.807, 2.05) is 0 Å². The highest BCUT2D eigenvalue weighted by atomic mass is 19.4. The van der Waals surface area contributed by atoms with E-state index in [-0.39, 0.29) is 5.39 Å². The molecule has 1 aromatic heterocycles. The van der Waals surface area contributed by atoms with E-state index in [1.54, 1.807) is 6.07 Å². The Hall–Kier alpha value is -1.52. The molecule has 5 heteroatoms. The summed E-state index contributed by atoms with van der Waals surface area (Å²) in [5, 5.41) is 5.46. The minimum atomic E-state index is -4.42. The molecule has 2 nitrogen and oxygen atoms in total. The van der Waals surface area contributed by atoms with Crippen molar-refractivity contribution in [1.29, 1.82) is 0 Å². The van der Waals surface area contributed by atoms with E-state index in [4.69, 9.17) is 0 Å². The van der Waals surface area contributed by atoms with Crippen LogP contribution in [0.15, 0.2) is 18.2 Å². The number of hydrogen-bond acceptors (Lipinski definition) is 1. The molecular formula is C8H4F3N2. The molecular weight excluding hydrogens is 181 g/mol. The van der Waals surface area contributed by atoms with Crippen LogP contribution in [0.25, 0.3) is 10.9 Å². The monoisotopic (exact) mass is 185 g/mol. The van der Waals surface area contributed by atoms with Gasteiger partial charge >= 0.3 is 6.18 Å². The number of benzene rings is 1. The molecule has 1 aromatic carbocycles. The van der Waals surface area contributed by atoms with Crippen molar-refractivity contribution in [2.24, 2.45) is 0 Å². The first-order valence-electron chi connectivity index (χ1n) is 3.51. The Balaban J connectivity index is 2.72. The number of aromatic nitrogens is 2. The lowest BCUT2D eigenvalue weighted by atomic mass is 10.2. The number of fused-ring (bicyclic) bond motifs is 1. The summed E-state index contributed by atoms with van der Waals surface area (Å²) in [5.74, 6) is 0. The van der Waals surface area contributed by atoms with E-state index in [2.05, 4.69) is 16.3 Å². The Morgan fingerprint density at radius 2 is 2.15 bits per heavy atom. The maximum absolute atomic E-state index is 12.2. The van der Waals surface area contributed by atoms with E-state index < -0.39 is 11.9 Å². The fourth-order valence-electron chi connectivity index (χ4n) is 1.10. The number of hydrogen-bond donors (Lipinski definition) is 1. The van der Waals surface area contributed by atoms with Crippen molar-refractivity contribution in [3.8, 4) is 0 Å². The number of halogens is 3. The Morgan fingerprint density at radius 3 is 2.85 bits per heavy atom. The highest BCUT2D eigenvalue weighted by Gasteiger charge is 2.35. The highest BCUT2D eigenvalue weighted by molar-refractivity contribution is 5.80. The second-order valence-corrected chi connectivity index (χ2v) is 2.53. The van der Waals surface area contributed by atoms with Gasteiger partial charge in [0.2, 0.25) is 0 Å². The van der Waals surface area contributed by atoms with Crippen LogP contribution < -0.4 is 0 Å². The molecule has 0 spiro atoms. The maximum Gasteiger partial charge on any atom is 0.435 e. The van der Waals surface area contributed by atoms with Crippen molar-refractivity contribution >= 4 is 10.9 Å². The van der Waals surface area contributed by atoms with Crippen LogP contribution in [0, 0.1) is 6.07 Å². The third kappa shape index (κ3) is 1.26. The number of rotatable bonds is 0. The van der Waals surface area contributed by atoms with Crippen molar-refractivity contribution < 1.29 is 13.2 Å². The van der Waals surface area contributed by atoms with Gasteiger partial charge in [-0.25, -0.2) is 0 Å². The van der Waals surface area contributed by atoms with E-state index >= 15 is 0 Å². The van der Waals surface area contributed by atoms with Crippen LogP contribution in [-0.2, 0) is 6.18 Å². The molecule has 0 unspecified atom stereocenters. The van der Waals surface area contributed by atoms with Gasteiger partial charge in [-0.05, 0) is 12.1 Å². The van der Waals surface area contributed by atoms with Gasteiger partial charge in [0.1, 0.15) is 0 Å². The normalized spacial score (nSPS) is 12.2. The summed E-state index contributed by atoms with van der Waals surface area (Å²) in [6.07, 6.45) is -4.42. The number of H-pyrrole nitrogens is 1. The lowest BCUT2D eigenvalue weighted by Crippen LogP contribution is -2.05. The fraction of sp³-hybridized carbons (Fsp3) is 0.125. The highest BCUT2D eigenvalue weighted by Crippen LogP contribution is 2.32. The maximum atomic E-state index is 12.2. The second-order valence-electron chi connectivity index (χ2n) is 2.53. The van der Waals surface area contributed by atoms with Gasteiger partial charge in [-0.2, -0.15) is 18.3 Å². The molecule has 0 saturated carbocycles. The Kier molecular flexibility index (Phi) is 1.55. The predicted molar refractivity (Wildman–Crippen MR) is 39.9 cm³/mol. The standard InChI is InChI=1S/C8H4F3N2/c9-8(10,11)7-5-3-1-2-4-6(5)12-13-7/h1-2,4H,(H,12,13). The molecule has 0 aliphatic rings. The molecule has 0 saturated heterocycles. The zero-order valence-electron chi connectivity index (χ0n) is 6.31. The van der Waals surface area contributed by atoms with Crippen molar-refractivity contribution in [2.45, 2.75) is 6.18 Å². The zero-order valence-corrected chi connectivity index (χ0v) is 6.31. The number of aromatic amines is 1. The van der Waals surface area contributed by atoms with Crippen LogP contribution >= 0.6 is 0 Å². The predicted octanol–water partition coefficient (Wildman–Crippen LogP) is 2.38. The Labute approximate surface area is 71.4 Å². The zero-order chi connectivity index (χ0) is 9.47. The van der Waals surface area contributed by atoms with Gasteiger partial charge in [-0.1, -0.05) is 12.1 Å². The van der Waals surface area contributed by atoms with Crippen LogP contribution in [0.2, 0.25) is 0 Å². The summed E-state index contributed by atoms with van der Waals surface area (Å²) >= 11 is 0. The van der Waals surface area contributed by atoms with Crippen LogP contribution in [0.1, 0.15) is 5.69 Å². The Bertz CT molecular complexity index is 430.